The number of hydrogen-bond acceptors (Lipinski definition) is 3. The lowest BCUT2D eigenvalue weighted by atomic mass is 10.1. The molecule has 1 fully saturated rings. The molecule has 0 aromatic heterocycles. The maximum absolute atomic E-state index is 12.8. The lowest BCUT2D eigenvalue weighted by Crippen LogP contribution is -2.40. The average molecular weight is 453 g/mol. The average Bonchev–Trinajstić information content (AvgIpc) is 3.05. The standard InChI is InChI=1S/C16H24FN3OS.HI/c1-18-16(20-11-13-7-9-21-12-13)19-8-2-10-22-15-5-3-14(17)4-6-15;/h3-6,13H,2,7-12H2,1H3,(H2,18,19,20);1H. The molecule has 2 rings (SSSR count). The molecule has 1 saturated heterocycles. The number of ether oxygens (including phenoxy) is 1. The van der Waals surface area contributed by atoms with Crippen molar-refractivity contribution in [2.45, 2.75) is 17.7 Å². The first-order chi connectivity index (χ1) is 10.8. The molecule has 23 heavy (non-hydrogen) atoms. The van der Waals surface area contributed by atoms with Gasteiger partial charge in [0.2, 0.25) is 0 Å². The predicted molar refractivity (Wildman–Crippen MR) is 105 cm³/mol. The highest BCUT2D eigenvalue weighted by molar-refractivity contribution is 14.0. The summed E-state index contributed by atoms with van der Waals surface area (Å²) < 4.78 is 18.2. The minimum Gasteiger partial charge on any atom is -0.381 e. The van der Waals surface area contributed by atoms with E-state index in [9.17, 15) is 4.39 Å². The van der Waals surface area contributed by atoms with Crippen LogP contribution in [0.2, 0.25) is 0 Å². The van der Waals surface area contributed by atoms with Crippen LogP contribution in [0.3, 0.4) is 0 Å². The van der Waals surface area contributed by atoms with E-state index in [1.807, 2.05) is 12.1 Å². The molecule has 7 heteroatoms. The Morgan fingerprint density at radius 2 is 2.13 bits per heavy atom. The molecule has 0 spiro atoms. The monoisotopic (exact) mass is 453 g/mol. The topological polar surface area (TPSA) is 45.7 Å². The fourth-order valence-corrected chi connectivity index (χ4v) is 3.06. The molecule has 1 aliphatic rings. The summed E-state index contributed by atoms with van der Waals surface area (Å²) in [7, 11) is 1.79. The smallest absolute Gasteiger partial charge is 0.190 e. The van der Waals surface area contributed by atoms with Crippen molar-refractivity contribution in [1.29, 1.82) is 0 Å². The van der Waals surface area contributed by atoms with Crippen molar-refractivity contribution < 1.29 is 9.13 Å². The van der Waals surface area contributed by atoms with Gasteiger partial charge in [-0.25, -0.2) is 4.39 Å². The first-order valence-electron chi connectivity index (χ1n) is 7.68. The zero-order chi connectivity index (χ0) is 15.6. The largest absolute Gasteiger partial charge is 0.381 e. The molecule has 0 saturated carbocycles. The third-order valence-electron chi connectivity index (χ3n) is 3.50. The van der Waals surface area contributed by atoms with E-state index in [-0.39, 0.29) is 29.8 Å². The fourth-order valence-electron chi connectivity index (χ4n) is 2.21. The van der Waals surface area contributed by atoms with Crippen molar-refractivity contribution in [3.63, 3.8) is 0 Å². The molecule has 1 atom stereocenters. The van der Waals surface area contributed by atoms with Crippen LogP contribution >= 0.6 is 35.7 Å². The Bertz CT molecular complexity index is 467. The fraction of sp³-hybridized carbons (Fsp3) is 0.562. The van der Waals surface area contributed by atoms with E-state index in [2.05, 4.69) is 15.6 Å². The van der Waals surface area contributed by atoms with E-state index >= 15 is 0 Å². The van der Waals surface area contributed by atoms with Gasteiger partial charge in [0.15, 0.2) is 5.96 Å². The van der Waals surface area contributed by atoms with Crippen LogP contribution in [0.5, 0.6) is 0 Å². The Balaban J connectivity index is 0.00000264. The summed E-state index contributed by atoms with van der Waals surface area (Å²) in [5, 5.41) is 6.65. The van der Waals surface area contributed by atoms with E-state index in [0.717, 1.165) is 55.8 Å². The Morgan fingerprint density at radius 3 is 2.78 bits per heavy atom. The van der Waals surface area contributed by atoms with Crippen LogP contribution in [-0.4, -0.2) is 45.1 Å². The number of rotatable bonds is 7. The number of nitrogens with one attached hydrogen (secondary N) is 2. The molecule has 1 aliphatic heterocycles. The Labute approximate surface area is 159 Å². The second-order valence-electron chi connectivity index (χ2n) is 5.27. The molecule has 1 heterocycles. The molecule has 130 valence electrons. The summed E-state index contributed by atoms with van der Waals surface area (Å²) in [5.74, 6) is 2.24. The van der Waals surface area contributed by atoms with E-state index in [1.54, 1.807) is 18.8 Å². The lowest BCUT2D eigenvalue weighted by Gasteiger charge is -2.14. The zero-order valence-electron chi connectivity index (χ0n) is 13.4. The van der Waals surface area contributed by atoms with Crippen LogP contribution in [0, 0.1) is 11.7 Å². The molecule has 2 N–H and O–H groups in total. The van der Waals surface area contributed by atoms with Crippen molar-refractivity contribution >= 4 is 41.7 Å². The number of benzene rings is 1. The third-order valence-corrected chi connectivity index (χ3v) is 4.60. The molecule has 0 radical (unpaired) electrons. The number of halogens is 2. The first-order valence-corrected chi connectivity index (χ1v) is 8.67. The molecular formula is C16H25FIN3OS. The highest BCUT2D eigenvalue weighted by Gasteiger charge is 2.15. The highest BCUT2D eigenvalue weighted by Crippen LogP contribution is 2.18. The summed E-state index contributed by atoms with van der Waals surface area (Å²) in [5.41, 5.74) is 0. The van der Waals surface area contributed by atoms with Gasteiger partial charge in [-0.05, 0) is 42.9 Å². The summed E-state index contributed by atoms with van der Waals surface area (Å²) in [6, 6.07) is 6.63. The SMILES string of the molecule is CN=C(NCCCSc1ccc(F)cc1)NCC1CCOC1.I. The predicted octanol–water partition coefficient (Wildman–Crippen LogP) is 3.13. The van der Waals surface area contributed by atoms with Gasteiger partial charge in [0.25, 0.3) is 0 Å². The third kappa shape index (κ3) is 8.21. The molecular weight excluding hydrogens is 428 g/mol. The summed E-state index contributed by atoms with van der Waals surface area (Å²) in [6.45, 7) is 3.50. The Hall–Kier alpha value is -0.540. The highest BCUT2D eigenvalue weighted by atomic mass is 127. The van der Waals surface area contributed by atoms with Crippen LogP contribution in [0.15, 0.2) is 34.2 Å². The number of hydrogen-bond donors (Lipinski definition) is 2. The summed E-state index contributed by atoms with van der Waals surface area (Å²) in [6.07, 6.45) is 2.15. The van der Waals surface area contributed by atoms with Crippen LogP contribution < -0.4 is 10.6 Å². The molecule has 4 nitrogen and oxygen atoms in total. The Morgan fingerprint density at radius 1 is 1.35 bits per heavy atom. The lowest BCUT2D eigenvalue weighted by molar-refractivity contribution is 0.186. The van der Waals surface area contributed by atoms with Gasteiger partial charge in [-0.15, -0.1) is 35.7 Å². The van der Waals surface area contributed by atoms with Crippen molar-refractivity contribution in [3.8, 4) is 0 Å². The summed E-state index contributed by atoms with van der Waals surface area (Å²) in [4.78, 5) is 5.32. The molecule has 0 bridgehead atoms. The van der Waals surface area contributed by atoms with Gasteiger partial charge in [-0.1, -0.05) is 0 Å². The van der Waals surface area contributed by atoms with E-state index in [0.29, 0.717) is 5.92 Å². The van der Waals surface area contributed by atoms with Crippen LogP contribution in [0.1, 0.15) is 12.8 Å². The molecule has 1 aromatic carbocycles. The van der Waals surface area contributed by atoms with E-state index in [1.165, 1.54) is 12.1 Å². The van der Waals surface area contributed by atoms with Gasteiger partial charge in [-0.3, -0.25) is 4.99 Å². The summed E-state index contributed by atoms with van der Waals surface area (Å²) >= 11 is 1.74. The van der Waals surface area contributed by atoms with Crippen molar-refractivity contribution in [1.82, 2.24) is 10.6 Å². The number of thioether (sulfide) groups is 1. The van der Waals surface area contributed by atoms with Gasteiger partial charge < -0.3 is 15.4 Å². The minimum absolute atomic E-state index is 0. The quantitative estimate of drug-likeness (QED) is 0.219. The van der Waals surface area contributed by atoms with Gasteiger partial charge in [-0.2, -0.15) is 0 Å². The number of guanidine groups is 1. The first kappa shape index (κ1) is 20.5. The molecule has 0 amide bonds. The number of nitrogens with zero attached hydrogens (tertiary/aromatic N) is 1. The number of aliphatic imine (C=N–C) groups is 1. The minimum atomic E-state index is -0.187. The van der Waals surface area contributed by atoms with Gasteiger partial charge in [0, 0.05) is 37.6 Å². The second-order valence-corrected chi connectivity index (χ2v) is 6.43. The van der Waals surface area contributed by atoms with E-state index in [4.69, 9.17) is 4.74 Å². The van der Waals surface area contributed by atoms with Crippen LogP contribution in [0.4, 0.5) is 4.39 Å². The Kier molecular flexibility index (Phi) is 10.6. The van der Waals surface area contributed by atoms with Gasteiger partial charge in [0.1, 0.15) is 5.82 Å². The molecule has 0 aliphatic carbocycles. The maximum atomic E-state index is 12.8. The zero-order valence-corrected chi connectivity index (χ0v) is 16.5. The van der Waals surface area contributed by atoms with Crippen molar-refractivity contribution in [2.75, 3.05) is 39.1 Å². The van der Waals surface area contributed by atoms with Gasteiger partial charge in [0.05, 0.1) is 6.61 Å². The second kappa shape index (κ2) is 11.9. The van der Waals surface area contributed by atoms with Crippen LogP contribution in [0.25, 0.3) is 0 Å². The molecule has 1 aromatic rings. The van der Waals surface area contributed by atoms with Crippen molar-refractivity contribution in [2.24, 2.45) is 10.9 Å². The molecule has 1 unspecified atom stereocenters. The van der Waals surface area contributed by atoms with Crippen LogP contribution in [-0.2, 0) is 4.74 Å². The van der Waals surface area contributed by atoms with E-state index < -0.39 is 0 Å². The van der Waals surface area contributed by atoms with Gasteiger partial charge >= 0.3 is 0 Å². The maximum Gasteiger partial charge on any atom is 0.190 e. The normalized spacial score (nSPS) is 17.7. The van der Waals surface area contributed by atoms with Crippen molar-refractivity contribution in [3.05, 3.63) is 30.1 Å².